The zero-order valence-electron chi connectivity index (χ0n) is 10.5. The van der Waals surface area contributed by atoms with Crippen LogP contribution in [0.5, 0.6) is 0 Å². The number of halogens is 2. The average molecular weight is 266 g/mol. The van der Waals surface area contributed by atoms with Gasteiger partial charge in [-0.1, -0.05) is 0 Å². The molecule has 1 aromatic rings. The lowest BCUT2D eigenvalue weighted by Crippen LogP contribution is -2.40. The molecule has 2 N–H and O–H groups in total. The topological polar surface area (TPSA) is 41.1 Å². The average Bonchev–Trinajstić information content (AvgIpc) is 3.24. The Labute approximate surface area is 110 Å². The van der Waals surface area contributed by atoms with E-state index >= 15 is 0 Å². The molecule has 0 aromatic heterocycles. The molecule has 19 heavy (non-hydrogen) atoms. The van der Waals surface area contributed by atoms with Gasteiger partial charge in [-0.3, -0.25) is 0 Å². The fourth-order valence-corrected chi connectivity index (χ4v) is 2.43. The molecular weight excluding hydrogens is 250 g/mol. The van der Waals surface area contributed by atoms with Gasteiger partial charge in [-0.2, -0.15) is 0 Å². The Kier molecular flexibility index (Phi) is 3.12. The third-order valence-electron chi connectivity index (χ3n) is 3.74. The fraction of sp³-hybridized carbons (Fsp3) is 0.500. The number of carbonyl (C=O) groups excluding carboxylic acids is 1. The van der Waals surface area contributed by atoms with Gasteiger partial charge >= 0.3 is 6.03 Å². The summed E-state index contributed by atoms with van der Waals surface area (Å²) in [7, 11) is 0. The summed E-state index contributed by atoms with van der Waals surface area (Å²) in [6.45, 7) is 0. The van der Waals surface area contributed by atoms with Gasteiger partial charge in [0, 0.05) is 12.1 Å². The number of anilines is 1. The Morgan fingerprint density at radius 3 is 2.32 bits per heavy atom. The van der Waals surface area contributed by atoms with Crippen molar-refractivity contribution in [3.05, 3.63) is 29.8 Å². The second kappa shape index (κ2) is 4.79. The fourth-order valence-electron chi connectivity index (χ4n) is 2.43. The van der Waals surface area contributed by atoms with E-state index in [0.717, 1.165) is 37.8 Å². The van der Waals surface area contributed by atoms with Crippen LogP contribution in [0.1, 0.15) is 25.7 Å². The highest BCUT2D eigenvalue weighted by Gasteiger charge is 2.42. The minimum absolute atomic E-state index is 0.00393. The van der Waals surface area contributed by atoms with Gasteiger partial charge in [0.1, 0.15) is 11.6 Å². The summed E-state index contributed by atoms with van der Waals surface area (Å²) < 4.78 is 26.2. The summed E-state index contributed by atoms with van der Waals surface area (Å²) in [5.41, 5.74) is 0.00393. The van der Waals surface area contributed by atoms with Crippen molar-refractivity contribution in [1.82, 2.24) is 5.32 Å². The molecule has 2 aliphatic rings. The summed E-state index contributed by atoms with van der Waals surface area (Å²) in [5, 5.41) is 5.36. The van der Waals surface area contributed by atoms with Crippen LogP contribution >= 0.6 is 0 Å². The van der Waals surface area contributed by atoms with E-state index in [2.05, 4.69) is 10.6 Å². The van der Waals surface area contributed by atoms with E-state index in [1.54, 1.807) is 0 Å². The van der Waals surface area contributed by atoms with Crippen LogP contribution < -0.4 is 10.6 Å². The molecule has 0 atom stereocenters. The largest absolute Gasteiger partial charge is 0.335 e. The molecule has 1 aromatic carbocycles. The molecule has 0 saturated heterocycles. The zero-order chi connectivity index (χ0) is 13.4. The quantitative estimate of drug-likeness (QED) is 0.862. The molecular formula is C14H16F2N2O. The van der Waals surface area contributed by atoms with Crippen LogP contribution in [0.15, 0.2) is 18.2 Å². The van der Waals surface area contributed by atoms with Crippen molar-refractivity contribution in [1.29, 1.82) is 0 Å². The lowest BCUT2D eigenvalue weighted by Gasteiger charge is -2.18. The van der Waals surface area contributed by atoms with Gasteiger partial charge in [-0.05, 0) is 49.7 Å². The summed E-state index contributed by atoms with van der Waals surface area (Å²) in [4.78, 5) is 11.8. The number of hydrogen-bond donors (Lipinski definition) is 2. The minimum Gasteiger partial charge on any atom is -0.335 e. The summed E-state index contributed by atoms with van der Waals surface area (Å²) in [6.07, 6.45) is 4.64. The number of amides is 2. The highest BCUT2D eigenvalue weighted by atomic mass is 19.1. The maximum atomic E-state index is 13.4. The van der Waals surface area contributed by atoms with Crippen molar-refractivity contribution >= 4 is 11.7 Å². The Morgan fingerprint density at radius 1 is 1.16 bits per heavy atom. The highest BCUT2D eigenvalue weighted by Crippen LogP contribution is 2.44. The minimum atomic E-state index is -0.760. The molecule has 5 heteroatoms. The number of benzene rings is 1. The van der Waals surface area contributed by atoms with E-state index < -0.39 is 17.7 Å². The van der Waals surface area contributed by atoms with Crippen LogP contribution in [0.3, 0.4) is 0 Å². The number of rotatable bonds is 4. The van der Waals surface area contributed by atoms with Crippen molar-refractivity contribution in [3.63, 3.8) is 0 Å². The molecule has 3 rings (SSSR count). The lowest BCUT2D eigenvalue weighted by atomic mass is 10.1. The van der Waals surface area contributed by atoms with Gasteiger partial charge in [0.2, 0.25) is 0 Å². The van der Waals surface area contributed by atoms with Crippen LogP contribution in [0.4, 0.5) is 19.3 Å². The van der Waals surface area contributed by atoms with Crippen molar-refractivity contribution in [2.45, 2.75) is 31.7 Å². The standard InChI is InChI=1S/C14H16F2N2O/c15-10-5-6-12(11(16)7-10)17-14(19)18-13(8-1-2-8)9-3-4-9/h5-9,13H,1-4H2,(H2,17,18,19). The third-order valence-corrected chi connectivity index (χ3v) is 3.74. The Morgan fingerprint density at radius 2 is 1.79 bits per heavy atom. The van der Waals surface area contributed by atoms with Crippen LogP contribution in [-0.4, -0.2) is 12.1 Å². The molecule has 3 nitrogen and oxygen atoms in total. The number of carbonyl (C=O) groups is 1. The van der Waals surface area contributed by atoms with E-state index in [1.165, 1.54) is 6.07 Å². The van der Waals surface area contributed by atoms with Crippen LogP contribution in [-0.2, 0) is 0 Å². The number of hydrogen-bond acceptors (Lipinski definition) is 1. The maximum absolute atomic E-state index is 13.4. The van der Waals surface area contributed by atoms with Gasteiger partial charge < -0.3 is 10.6 Å². The van der Waals surface area contributed by atoms with Crippen LogP contribution in [0.25, 0.3) is 0 Å². The molecule has 0 aliphatic heterocycles. The van der Waals surface area contributed by atoms with Crippen molar-refractivity contribution in [2.75, 3.05) is 5.32 Å². The van der Waals surface area contributed by atoms with Crippen LogP contribution in [0.2, 0.25) is 0 Å². The number of urea groups is 1. The first-order valence-electron chi connectivity index (χ1n) is 6.66. The second-order valence-electron chi connectivity index (χ2n) is 5.42. The normalized spacial score (nSPS) is 18.5. The predicted molar refractivity (Wildman–Crippen MR) is 67.7 cm³/mol. The first kappa shape index (κ1) is 12.4. The van der Waals surface area contributed by atoms with Crippen LogP contribution in [0, 0.1) is 23.5 Å². The van der Waals surface area contributed by atoms with Crippen molar-refractivity contribution in [2.24, 2.45) is 11.8 Å². The smallest absolute Gasteiger partial charge is 0.319 e. The Balaban J connectivity index is 1.60. The number of nitrogens with one attached hydrogen (secondary N) is 2. The zero-order valence-corrected chi connectivity index (χ0v) is 10.5. The Hall–Kier alpha value is -1.65. The first-order valence-corrected chi connectivity index (χ1v) is 6.66. The van der Waals surface area contributed by atoms with Gasteiger partial charge in [-0.25, -0.2) is 13.6 Å². The molecule has 0 bridgehead atoms. The third kappa shape index (κ3) is 3.03. The lowest BCUT2D eigenvalue weighted by molar-refractivity contribution is 0.244. The van der Waals surface area contributed by atoms with E-state index in [4.69, 9.17) is 0 Å². The van der Waals surface area contributed by atoms with E-state index in [-0.39, 0.29) is 11.7 Å². The SMILES string of the molecule is O=C(Nc1ccc(F)cc1F)NC(C1CC1)C1CC1. The van der Waals surface area contributed by atoms with Gasteiger partial charge in [0.05, 0.1) is 5.69 Å². The second-order valence-corrected chi connectivity index (χ2v) is 5.42. The highest BCUT2D eigenvalue weighted by molar-refractivity contribution is 5.89. The summed E-state index contributed by atoms with van der Waals surface area (Å²) >= 11 is 0. The molecule has 0 heterocycles. The molecule has 2 aliphatic carbocycles. The van der Waals surface area contributed by atoms with Crippen molar-refractivity contribution in [3.8, 4) is 0 Å². The first-order chi connectivity index (χ1) is 9.13. The molecule has 0 unspecified atom stereocenters. The van der Waals surface area contributed by atoms with Gasteiger partial charge in [0.15, 0.2) is 0 Å². The monoisotopic (exact) mass is 266 g/mol. The van der Waals surface area contributed by atoms with Crippen molar-refractivity contribution < 1.29 is 13.6 Å². The maximum Gasteiger partial charge on any atom is 0.319 e. The van der Waals surface area contributed by atoms with E-state index in [9.17, 15) is 13.6 Å². The van der Waals surface area contributed by atoms with E-state index in [0.29, 0.717) is 11.8 Å². The molecule has 2 fully saturated rings. The summed E-state index contributed by atoms with van der Waals surface area (Å²) in [6, 6.07) is 2.91. The van der Waals surface area contributed by atoms with Gasteiger partial charge in [0.25, 0.3) is 0 Å². The molecule has 0 radical (unpaired) electrons. The van der Waals surface area contributed by atoms with Gasteiger partial charge in [-0.15, -0.1) is 0 Å². The Bertz CT molecular complexity index is 486. The molecule has 102 valence electrons. The predicted octanol–water partition coefficient (Wildman–Crippen LogP) is 3.27. The summed E-state index contributed by atoms with van der Waals surface area (Å²) in [5.74, 6) is -0.255. The molecule has 2 amide bonds. The molecule has 2 saturated carbocycles. The van der Waals surface area contributed by atoms with E-state index in [1.807, 2.05) is 0 Å². The molecule has 0 spiro atoms.